The van der Waals surface area contributed by atoms with Gasteiger partial charge in [-0.15, -0.1) is 0 Å². The lowest BCUT2D eigenvalue weighted by atomic mass is 9.79. The van der Waals surface area contributed by atoms with E-state index < -0.39 is 0 Å². The summed E-state index contributed by atoms with van der Waals surface area (Å²) >= 11 is 0. The molecule has 1 saturated heterocycles. The van der Waals surface area contributed by atoms with Gasteiger partial charge in [-0.05, 0) is 66.5 Å². The summed E-state index contributed by atoms with van der Waals surface area (Å²) < 4.78 is 1.85. The highest BCUT2D eigenvalue weighted by Gasteiger charge is 2.38. The third-order valence-corrected chi connectivity index (χ3v) is 5.04. The highest BCUT2D eigenvalue weighted by atomic mass is 16.1. The van der Waals surface area contributed by atoms with E-state index in [1.165, 1.54) is 0 Å². The summed E-state index contributed by atoms with van der Waals surface area (Å²) in [5, 5.41) is 11.5. The molecule has 1 aliphatic rings. The van der Waals surface area contributed by atoms with E-state index >= 15 is 0 Å². The van der Waals surface area contributed by atoms with Gasteiger partial charge in [-0.3, -0.25) is 4.79 Å². The second-order valence-corrected chi connectivity index (χ2v) is 8.76. The summed E-state index contributed by atoms with van der Waals surface area (Å²) in [7, 11) is 0. The molecule has 0 radical (unpaired) electrons. The number of benzene rings is 1. The molecule has 0 bridgehead atoms. The molecule has 1 aliphatic heterocycles. The number of aromatic nitrogens is 2. The van der Waals surface area contributed by atoms with Gasteiger partial charge in [0, 0.05) is 17.1 Å². The predicted octanol–water partition coefficient (Wildman–Crippen LogP) is 3.53. The van der Waals surface area contributed by atoms with Crippen LogP contribution in [0, 0.1) is 13.8 Å². The molecule has 1 amide bonds. The number of carbonyl (C=O) groups is 1. The van der Waals surface area contributed by atoms with Crippen LogP contribution in [0.25, 0.3) is 5.69 Å². The van der Waals surface area contributed by atoms with E-state index in [2.05, 4.69) is 43.4 Å². The lowest BCUT2D eigenvalue weighted by Gasteiger charge is -2.46. The molecule has 1 fully saturated rings. The van der Waals surface area contributed by atoms with E-state index in [0.717, 1.165) is 29.9 Å². The maximum Gasteiger partial charge on any atom is 0.255 e. The van der Waals surface area contributed by atoms with Gasteiger partial charge in [-0.25, -0.2) is 4.68 Å². The fourth-order valence-corrected chi connectivity index (χ4v) is 4.47. The number of para-hydroxylation sites is 1. The van der Waals surface area contributed by atoms with Crippen molar-refractivity contribution in [2.24, 2.45) is 0 Å². The fraction of sp³-hybridized carbons (Fsp3) is 0.524. The maximum absolute atomic E-state index is 13.0. The van der Waals surface area contributed by atoms with Crippen molar-refractivity contribution in [3.8, 4) is 5.69 Å². The number of rotatable bonds is 3. The minimum absolute atomic E-state index is 0.00198. The summed E-state index contributed by atoms with van der Waals surface area (Å²) in [5.74, 6) is -0.0271. The van der Waals surface area contributed by atoms with Crippen LogP contribution < -0.4 is 10.6 Å². The molecule has 0 atom stereocenters. The van der Waals surface area contributed by atoms with Gasteiger partial charge in [0.15, 0.2) is 0 Å². The van der Waals surface area contributed by atoms with Crippen molar-refractivity contribution < 1.29 is 4.79 Å². The van der Waals surface area contributed by atoms with Crippen LogP contribution in [0.2, 0.25) is 0 Å². The fourth-order valence-electron chi connectivity index (χ4n) is 4.47. The molecule has 0 saturated carbocycles. The summed E-state index contributed by atoms with van der Waals surface area (Å²) in [5.41, 5.74) is 3.28. The zero-order valence-corrected chi connectivity index (χ0v) is 16.7. The van der Waals surface area contributed by atoms with Crippen molar-refractivity contribution >= 4 is 5.91 Å². The third kappa shape index (κ3) is 3.83. The molecule has 0 aliphatic carbocycles. The third-order valence-electron chi connectivity index (χ3n) is 5.04. The van der Waals surface area contributed by atoms with E-state index in [1.807, 2.05) is 48.9 Å². The van der Waals surface area contributed by atoms with Crippen molar-refractivity contribution in [1.82, 2.24) is 20.4 Å². The second-order valence-electron chi connectivity index (χ2n) is 8.76. The van der Waals surface area contributed by atoms with Gasteiger partial charge in [0.05, 0.1) is 22.6 Å². The van der Waals surface area contributed by atoms with Crippen LogP contribution in [0.1, 0.15) is 62.3 Å². The molecule has 0 spiro atoms. The van der Waals surface area contributed by atoms with Gasteiger partial charge in [0.2, 0.25) is 0 Å². The van der Waals surface area contributed by atoms with Gasteiger partial charge in [-0.1, -0.05) is 18.2 Å². The Hall–Kier alpha value is -2.14. The first-order valence-electron chi connectivity index (χ1n) is 9.30. The molecule has 1 aromatic carbocycles. The normalized spacial score (nSPS) is 19.3. The van der Waals surface area contributed by atoms with Crippen molar-refractivity contribution in [1.29, 1.82) is 0 Å². The Bertz CT molecular complexity index is 789. The van der Waals surface area contributed by atoms with Crippen LogP contribution in [0.4, 0.5) is 0 Å². The van der Waals surface area contributed by atoms with Gasteiger partial charge in [0.25, 0.3) is 5.91 Å². The first kappa shape index (κ1) is 18.6. The summed E-state index contributed by atoms with van der Waals surface area (Å²) in [6.45, 7) is 12.6. The van der Waals surface area contributed by atoms with Crippen LogP contribution in [0.15, 0.2) is 30.3 Å². The molecule has 5 heteroatoms. The average Bonchev–Trinajstić information content (AvgIpc) is 2.79. The van der Waals surface area contributed by atoms with E-state index in [1.54, 1.807) is 0 Å². The minimum Gasteiger partial charge on any atom is -0.349 e. The number of nitrogens with zero attached hydrogens (tertiary/aromatic N) is 2. The Morgan fingerprint density at radius 1 is 1.12 bits per heavy atom. The maximum atomic E-state index is 13.0. The van der Waals surface area contributed by atoms with Crippen molar-refractivity contribution in [3.05, 3.63) is 47.3 Å². The Labute approximate surface area is 156 Å². The number of hydrogen-bond donors (Lipinski definition) is 2. The van der Waals surface area contributed by atoms with Crippen LogP contribution in [-0.4, -0.2) is 32.8 Å². The van der Waals surface area contributed by atoms with Gasteiger partial charge < -0.3 is 10.6 Å². The number of aryl methyl sites for hydroxylation is 1. The summed E-state index contributed by atoms with van der Waals surface area (Å²) in [4.78, 5) is 13.0. The highest BCUT2D eigenvalue weighted by molar-refractivity contribution is 5.96. The zero-order valence-electron chi connectivity index (χ0n) is 16.7. The molecule has 2 heterocycles. The first-order chi connectivity index (χ1) is 12.1. The lowest BCUT2D eigenvalue weighted by Crippen LogP contribution is -2.62. The van der Waals surface area contributed by atoms with Gasteiger partial charge in [-0.2, -0.15) is 5.10 Å². The molecule has 1 aromatic heterocycles. The minimum atomic E-state index is -0.0271. The molecule has 0 unspecified atom stereocenters. The molecule has 26 heavy (non-hydrogen) atoms. The van der Waals surface area contributed by atoms with E-state index in [9.17, 15) is 4.79 Å². The van der Waals surface area contributed by atoms with Crippen LogP contribution >= 0.6 is 0 Å². The Kier molecular flexibility index (Phi) is 4.69. The largest absolute Gasteiger partial charge is 0.349 e. The van der Waals surface area contributed by atoms with Crippen LogP contribution in [0.5, 0.6) is 0 Å². The van der Waals surface area contributed by atoms with E-state index in [4.69, 9.17) is 0 Å². The van der Waals surface area contributed by atoms with Crippen LogP contribution in [-0.2, 0) is 0 Å². The summed E-state index contributed by atoms with van der Waals surface area (Å²) in [6, 6.07) is 10.1. The number of nitrogens with one attached hydrogen (secondary N) is 2. The predicted molar refractivity (Wildman–Crippen MR) is 105 cm³/mol. The average molecular weight is 354 g/mol. The Morgan fingerprint density at radius 3 is 2.27 bits per heavy atom. The number of carbonyl (C=O) groups excluding carboxylic acids is 1. The molecule has 2 aromatic rings. The number of piperidine rings is 1. The van der Waals surface area contributed by atoms with Crippen molar-refractivity contribution in [2.45, 2.75) is 71.5 Å². The van der Waals surface area contributed by atoms with Crippen molar-refractivity contribution in [2.75, 3.05) is 0 Å². The topological polar surface area (TPSA) is 59.0 Å². The highest BCUT2D eigenvalue weighted by Crippen LogP contribution is 2.29. The molecule has 5 nitrogen and oxygen atoms in total. The zero-order chi connectivity index (χ0) is 19.1. The summed E-state index contributed by atoms with van der Waals surface area (Å²) in [6.07, 6.45) is 1.82. The Morgan fingerprint density at radius 2 is 1.69 bits per heavy atom. The smallest absolute Gasteiger partial charge is 0.255 e. The lowest BCUT2D eigenvalue weighted by molar-refractivity contribution is 0.0872. The first-order valence-corrected chi connectivity index (χ1v) is 9.30. The molecular weight excluding hydrogens is 324 g/mol. The van der Waals surface area contributed by atoms with Gasteiger partial charge >= 0.3 is 0 Å². The Balaban J connectivity index is 1.84. The second kappa shape index (κ2) is 6.54. The molecule has 2 N–H and O–H groups in total. The molecular formula is C21H30N4O. The molecule has 3 rings (SSSR count). The monoisotopic (exact) mass is 354 g/mol. The number of amides is 1. The quantitative estimate of drug-likeness (QED) is 0.886. The SMILES string of the molecule is Cc1nn(-c2ccccc2)c(C)c1C(=O)NC1CC(C)(C)NC(C)(C)C1. The van der Waals surface area contributed by atoms with E-state index in [0.29, 0.717) is 5.56 Å². The van der Waals surface area contributed by atoms with E-state index in [-0.39, 0.29) is 23.0 Å². The van der Waals surface area contributed by atoms with Gasteiger partial charge in [0.1, 0.15) is 0 Å². The van der Waals surface area contributed by atoms with Crippen molar-refractivity contribution in [3.63, 3.8) is 0 Å². The molecule has 140 valence electrons. The number of hydrogen-bond acceptors (Lipinski definition) is 3. The van der Waals surface area contributed by atoms with Crippen LogP contribution in [0.3, 0.4) is 0 Å². The standard InChI is InChI=1S/C21H30N4O/c1-14-18(15(2)25(23-14)17-10-8-7-9-11-17)19(26)22-16-12-20(3,4)24-21(5,6)13-16/h7-11,16,24H,12-13H2,1-6H3,(H,22,26).